The molecule has 0 bridgehead atoms. The molecule has 2 aromatic heterocycles. The van der Waals surface area contributed by atoms with E-state index in [0.29, 0.717) is 6.42 Å². The fraction of sp³-hybridized carbons (Fsp3) is 0.269. The van der Waals surface area contributed by atoms with Gasteiger partial charge in [0.25, 0.3) is 0 Å². The highest BCUT2D eigenvalue weighted by molar-refractivity contribution is 5.91. The summed E-state index contributed by atoms with van der Waals surface area (Å²) in [6.07, 6.45) is 3.71. The van der Waals surface area contributed by atoms with Crippen molar-refractivity contribution in [2.24, 2.45) is 0 Å². The molecule has 4 rings (SSSR count). The van der Waals surface area contributed by atoms with Gasteiger partial charge < -0.3 is 9.88 Å². The second-order valence-electron chi connectivity index (χ2n) is 8.17. The van der Waals surface area contributed by atoms with Crippen molar-refractivity contribution >= 4 is 22.8 Å². The number of rotatable bonds is 7. The predicted octanol–water partition coefficient (Wildman–Crippen LogP) is 5.37. The molecule has 5 heteroatoms. The number of hydrogen-bond donors (Lipinski definition) is 1. The minimum atomic E-state index is 0.0352. The number of benzene rings is 2. The fourth-order valence-electron chi connectivity index (χ4n) is 3.73. The van der Waals surface area contributed by atoms with Crippen molar-refractivity contribution in [3.05, 3.63) is 88.9 Å². The van der Waals surface area contributed by atoms with E-state index in [2.05, 4.69) is 52.1 Å². The minimum absolute atomic E-state index is 0.0352. The van der Waals surface area contributed by atoms with E-state index in [1.165, 1.54) is 11.1 Å². The Morgan fingerprint density at radius 3 is 2.58 bits per heavy atom. The third-order valence-electron chi connectivity index (χ3n) is 5.52. The van der Waals surface area contributed by atoms with Gasteiger partial charge >= 0.3 is 0 Å². The van der Waals surface area contributed by atoms with Gasteiger partial charge in [0, 0.05) is 24.7 Å². The van der Waals surface area contributed by atoms with E-state index in [4.69, 9.17) is 4.98 Å². The Morgan fingerprint density at radius 1 is 1.00 bits per heavy atom. The molecule has 0 saturated carbocycles. The fourth-order valence-corrected chi connectivity index (χ4v) is 3.73. The Bertz CT molecular complexity index is 1210. The second kappa shape index (κ2) is 9.13. The average molecular weight is 413 g/mol. The van der Waals surface area contributed by atoms with Crippen LogP contribution in [0.1, 0.15) is 40.9 Å². The molecule has 158 valence electrons. The Balaban J connectivity index is 1.46. The molecule has 0 aliphatic carbocycles. The van der Waals surface area contributed by atoms with Gasteiger partial charge in [0.05, 0.1) is 6.54 Å². The van der Waals surface area contributed by atoms with Crippen molar-refractivity contribution in [1.82, 2.24) is 14.5 Å². The van der Waals surface area contributed by atoms with Gasteiger partial charge in [-0.2, -0.15) is 0 Å². The standard InChI is InChI=1S/C26H28N4O/c1-18-10-13-21(14-11-18)17-30-24(28-22-6-5-15-27-26(22)30)7-4-8-25(31)29-23-16-19(2)9-12-20(23)3/h5-6,9-16H,4,7-8,17H2,1-3H3,(H,29,31). The van der Waals surface area contributed by atoms with Crippen molar-refractivity contribution in [1.29, 1.82) is 0 Å². The second-order valence-corrected chi connectivity index (χ2v) is 8.17. The van der Waals surface area contributed by atoms with E-state index in [9.17, 15) is 4.79 Å². The number of imidazole rings is 1. The average Bonchev–Trinajstić information content (AvgIpc) is 3.10. The zero-order chi connectivity index (χ0) is 21.8. The summed E-state index contributed by atoms with van der Waals surface area (Å²) in [5.41, 5.74) is 7.34. The van der Waals surface area contributed by atoms with Gasteiger partial charge in [-0.3, -0.25) is 4.79 Å². The Hall–Kier alpha value is -3.47. The van der Waals surface area contributed by atoms with E-state index in [1.54, 1.807) is 6.20 Å². The van der Waals surface area contributed by atoms with E-state index < -0.39 is 0 Å². The van der Waals surface area contributed by atoms with E-state index >= 15 is 0 Å². The van der Waals surface area contributed by atoms with Gasteiger partial charge in [0.15, 0.2) is 5.65 Å². The first-order valence-corrected chi connectivity index (χ1v) is 10.7. The molecule has 0 unspecified atom stereocenters. The van der Waals surface area contributed by atoms with Crippen molar-refractivity contribution in [3.8, 4) is 0 Å². The zero-order valence-corrected chi connectivity index (χ0v) is 18.4. The van der Waals surface area contributed by atoms with Crippen LogP contribution in [0.4, 0.5) is 5.69 Å². The molecule has 1 amide bonds. The molecule has 5 nitrogen and oxygen atoms in total. The van der Waals surface area contributed by atoms with Gasteiger partial charge in [-0.1, -0.05) is 42.0 Å². The highest BCUT2D eigenvalue weighted by atomic mass is 16.1. The van der Waals surface area contributed by atoms with Crippen LogP contribution in [-0.4, -0.2) is 20.4 Å². The third-order valence-corrected chi connectivity index (χ3v) is 5.52. The number of anilines is 1. The van der Waals surface area contributed by atoms with Crippen molar-refractivity contribution in [2.45, 2.75) is 46.6 Å². The van der Waals surface area contributed by atoms with Gasteiger partial charge in [-0.25, -0.2) is 9.97 Å². The lowest BCUT2D eigenvalue weighted by Crippen LogP contribution is -2.13. The van der Waals surface area contributed by atoms with E-state index in [0.717, 1.165) is 53.2 Å². The van der Waals surface area contributed by atoms with Crippen LogP contribution in [0.2, 0.25) is 0 Å². The van der Waals surface area contributed by atoms with Gasteiger partial charge in [-0.15, -0.1) is 0 Å². The van der Waals surface area contributed by atoms with Crippen LogP contribution in [0.5, 0.6) is 0 Å². The first-order chi connectivity index (χ1) is 15.0. The molecule has 0 aliphatic heterocycles. The number of carbonyl (C=O) groups is 1. The van der Waals surface area contributed by atoms with E-state index in [-0.39, 0.29) is 5.91 Å². The molecule has 0 radical (unpaired) electrons. The maximum Gasteiger partial charge on any atom is 0.224 e. The van der Waals surface area contributed by atoms with Crippen LogP contribution < -0.4 is 5.32 Å². The number of hydrogen-bond acceptors (Lipinski definition) is 3. The van der Waals surface area contributed by atoms with Crippen molar-refractivity contribution in [3.63, 3.8) is 0 Å². The largest absolute Gasteiger partial charge is 0.326 e. The molecule has 2 aromatic carbocycles. The normalized spacial score (nSPS) is 11.1. The molecular formula is C26H28N4O. The smallest absolute Gasteiger partial charge is 0.224 e. The molecule has 0 saturated heterocycles. The Morgan fingerprint density at radius 2 is 1.77 bits per heavy atom. The summed E-state index contributed by atoms with van der Waals surface area (Å²) in [4.78, 5) is 21.9. The summed E-state index contributed by atoms with van der Waals surface area (Å²) in [5, 5.41) is 3.05. The molecular weight excluding hydrogens is 384 g/mol. The number of aryl methyl sites for hydroxylation is 4. The Labute approximate surface area is 183 Å². The minimum Gasteiger partial charge on any atom is -0.326 e. The summed E-state index contributed by atoms with van der Waals surface area (Å²) in [7, 11) is 0. The number of pyridine rings is 1. The zero-order valence-electron chi connectivity index (χ0n) is 18.4. The van der Waals surface area contributed by atoms with Crippen LogP contribution in [0.25, 0.3) is 11.2 Å². The predicted molar refractivity (Wildman–Crippen MR) is 125 cm³/mol. The number of amides is 1. The summed E-state index contributed by atoms with van der Waals surface area (Å²) in [5.74, 6) is 1.00. The summed E-state index contributed by atoms with van der Waals surface area (Å²) in [6.45, 7) is 6.85. The maximum atomic E-state index is 12.5. The summed E-state index contributed by atoms with van der Waals surface area (Å²) >= 11 is 0. The molecule has 31 heavy (non-hydrogen) atoms. The summed E-state index contributed by atoms with van der Waals surface area (Å²) < 4.78 is 2.17. The monoisotopic (exact) mass is 412 g/mol. The maximum absolute atomic E-state index is 12.5. The number of carbonyl (C=O) groups excluding carboxylic acids is 1. The molecule has 0 aliphatic rings. The summed E-state index contributed by atoms with van der Waals surface area (Å²) in [6, 6.07) is 18.5. The SMILES string of the molecule is Cc1ccc(Cn2c(CCCC(=O)Nc3cc(C)ccc3C)nc3cccnc32)cc1. The number of aromatic nitrogens is 3. The first-order valence-electron chi connectivity index (χ1n) is 10.7. The van der Waals surface area contributed by atoms with Gasteiger partial charge in [0.2, 0.25) is 5.91 Å². The van der Waals surface area contributed by atoms with Crippen LogP contribution in [0.15, 0.2) is 60.8 Å². The number of nitrogens with one attached hydrogen (secondary N) is 1. The third kappa shape index (κ3) is 5.00. The van der Waals surface area contributed by atoms with Crippen LogP contribution in [0, 0.1) is 20.8 Å². The lowest BCUT2D eigenvalue weighted by atomic mass is 10.1. The van der Waals surface area contributed by atoms with Gasteiger partial charge in [-0.05, 0) is 62.1 Å². The molecule has 0 atom stereocenters. The topological polar surface area (TPSA) is 59.8 Å². The molecule has 1 N–H and O–H groups in total. The molecule has 4 aromatic rings. The molecule has 0 spiro atoms. The number of nitrogens with zero attached hydrogens (tertiary/aromatic N) is 3. The molecule has 2 heterocycles. The van der Waals surface area contributed by atoms with Gasteiger partial charge in [0.1, 0.15) is 11.3 Å². The van der Waals surface area contributed by atoms with Crippen LogP contribution in [-0.2, 0) is 17.8 Å². The highest BCUT2D eigenvalue weighted by Gasteiger charge is 2.13. The lowest BCUT2D eigenvalue weighted by Gasteiger charge is -2.11. The van der Waals surface area contributed by atoms with Crippen molar-refractivity contribution in [2.75, 3.05) is 5.32 Å². The van der Waals surface area contributed by atoms with Crippen LogP contribution >= 0.6 is 0 Å². The molecule has 0 fully saturated rings. The lowest BCUT2D eigenvalue weighted by molar-refractivity contribution is -0.116. The number of fused-ring (bicyclic) bond motifs is 1. The Kier molecular flexibility index (Phi) is 6.12. The quantitative estimate of drug-likeness (QED) is 0.444. The highest BCUT2D eigenvalue weighted by Crippen LogP contribution is 2.19. The van der Waals surface area contributed by atoms with Crippen LogP contribution in [0.3, 0.4) is 0 Å². The first kappa shape index (κ1) is 20.8. The van der Waals surface area contributed by atoms with Crippen molar-refractivity contribution < 1.29 is 4.79 Å². The van der Waals surface area contributed by atoms with E-state index in [1.807, 2.05) is 38.1 Å².